The van der Waals surface area contributed by atoms with Crippen LogP contribution in [0.4, 0.5) is 0 Å². The molecule has 0 amide bonds. The van der Waals surface area contributed by atoms with E-state index in [1.807, 2.05) is 24.3 Å². The topological polar surface area (TPSA) is 85.0 Å². The number of carbonyl (C=O) groups is 1. The van der Waals surface area contributed by atoms with Gasteiger partial charge in [0, 0.05) is 7.05 Å². The summed E-state index contributed by atoms with van der Waals surface area (Å²) in [6.45, 7) is 1.73. The number of aromatic nitrogens is 2. The lowest BCUT2D eigenvalue weighted by Gasteiger charge is -2.06. The molecule has 2 heterocycles. The number of nitriles is 1. The van der Waals surface area contributed by atoms with Crippen molar-refractivity contribution >= 4 is 27.5 Å². The quantitative estimate of drug-likeness (QED) is 0.382. The minimum Gasteiger partial charge on any atom is -0.422 e. The zero-order valence-corrected chi connectivity index (χ0v) is 16.5. The van der Waals surface area contributed by atoms with Gasteiger partial charge in [0.2, 0.25) is 0 Å². The van der Waals surface area contributed by atoms with Crippen LogP contribution in [-0.4, -0.2) is 15.5 Å². The number of esters is 1. The van der Waals surface area contributed by atoms with Gasteiger partial charge in [-0.1, -0.05) is 24.3 Å². The summed E-state index contributed by atoms with van der Waals surface area (Å²) >= 11 is 1.15. The molecule has 0 saturated carbocycles. The standard InChI is InChI=1S/C22H15N3O3S/c1-13-18-20(24-12-25(2)21(18)26)29-19(13)22(27)28-17-9-7-16(8-10-17)15-5-3-14(11-23)4-6-15/h3-10,12H,1-2H3. The molecule has 4 aromatic rings. The molecule has 0 aliphatic carbocycles. The average molecular weight is 401 g/mol. The van der Waals surface area contributed by atoms with Gasteiger partial charge in [-0.2, -0.15) is 5.26 Å². The molecule has 7 heteroatoms. The SMILES string of the molecule is Cc1c(C(=O)Oc2ccc(-c3ccc(C#N)cc3)cc2)sc2ncn(C)c(=O)c12. The number of aryl methyl sites for hydroxylation is 2. The van der Waals surface area contributed by atoms with E-state index >= 15 is 0 Å². The van der Waals surface area contributed by atoms with Gasteiger partial charge in [-0.25, -0.2) is 9.78 Å². The third-order valence-corrected chi connectivity index (χ3v) is 5.79. The van der Waals surface area contributed by atoms with Gasteiger partial charge in [-0.15, -0.1) is 11.3 Å². The first kappa shape index (κ1) is 18.6. The maximum Gasteiger partial charge on any atom is 0.354 e. The Morgan fingerprint density at radius 3 is 2.34 bits per heavy atom. The smallest absolute Gasteiger partial charge is 0.354 e. The van der Waals surface area contributed by atoms with E-state index in [1.54, 1.807) is 38.2 Å². The van der Waals surface area contributed by atoms with Crippen molar-refractivity contribution in [1.82, 2.24) is 9.55 Å². The van der Waals surface area contributed by atoms with E-state index in [9.17, 15) is 9.59 Å². The van der Waals surface area contributed by atoms with E-state index in [4.69, 9.17) is 10.00 Å². The summed E-state index contributed by atoms with van der Waals surface area (Å²) in [4.78, 5) is 30.1. The number of hydrogen-bond donors (Lipinski definition) is 0. The highest BCUT2D eigenvalue weighted by Crippen LogP contribution is 2.29. The maximum atomic E-state index is 12.6. The molecule has 2 aromatic carbocycles. The van der Waals surface area contributed by atoms with E-state index in [-0.39, 0.29) is 5.56 Å². The molecule has 6 nitrogen and oxygen atoms in total. The molecule has 0 aliphatic heterocycles. The number of carbonyl (C=O) groups excluding carboxylic acids is 1. The van der Waals surface area contributed by atoms with Crippen LogP contribution < -0.4 is 10.3 Å². The summed E-state index contributed by atoms with van der Waals surface area (Å²) < 4.78 is 6.89. The van der Waals surface area contributed by atoms with Crippen molar-refractivity contribution in [1.29, 1.82) is 5.26 Å². The summed E-state index contributed by atoms with van der Waals surface area (Å²) in [6.07, 6.45) is 1.44. The van der Waals surface area contributed by atoms with E-state index < -0.39 is 5.97 Å². The first-order chi connectivity index (χ1) is 14.0. The van der Waals surface area contributed by atoms with Gasteiger partial charge >= 0.3 is 5.97 Å². The molecular formula is C22H15N3O3S. The fourth-order valence-electron chi connectivity index (χ4n) is 3.01. The minimum atomic E-state index is -0.515. The Balaban J connectivity index is 1.58. The molecule has 0 radical (unpaired) electrons. The Morgan fingerprint density at radius 2 is 1.72 bits per heavy atom. The zero-order chi connectivity index (χ0) is 20.5. The van der Waals surface area contributed by atoms with Gasteiger partial charge in [0.15, 0.2) is 0 Å². The molecule has 0 fully saturated rings. The largest absolute Gasteiger partial charge is 0.422 e. The van der Waals surface area contributed by atoms with Gasteiger partial charge in [-0.3, -0.25) is 4.79 Å². The summed E-state index contributed by atoms with van der Waals surface area (Å²) in [7, 11) is 1.62. The average Bonchev–Trinajstić information content (AvgIpc) is 3.08. The normalized spacial score (nSPS) is 10.7. The third kappa shape index (κ3) is 3.42. The maximum absolute atomic E-state index is 12.6. The highest BCUT2D eigenvalue weighted by molar-refractivity contribution is 7.20. The number of fused-ring (bicyclic) bond motifs is 1. The molecule has 0 bridgehead atoms. The Labute approximate surface area is 170 Å². The van der Waals surface area contributed by atoms with Crippen LogP contribution >= 0.6 is 11.3 Å². The van der Waals surface area contributed by atoms with Crippen LogP contribution in [0.25, 0.3) is 21.3 Å². The lowest BCUT2D eigenvalue weighted by molar-refractivity contribution is 0.0739. The molecule has 29 heavy (non-hydrogen) atoms. The molecule has 4 rings (SSSR count). The lowest BCUT2D eigenvalue weighted by atomic mass is 10.0. The second-order valence-electron chi connectivity index (χ2n) is 6.50. The van der Waals surface area contributed by atoms with Gasteiger partial charge in [0.1, 0.15) is 15.5 Å². The van der Waals surface area contributed by atoms with Crippen molar-refractivity contribution in [2.75, 3.05) is 0 Å². The Hall–Kier alpha value is -3.76. The molecular weight excluding hydrogens is 386 g/mol. The molecule has 0 aliphatic rings. The van der Waals surface area contributed by atoms with Gasteiger partial charge in [-0.05, 0) is 47.9 Å². The van der Waals surface area contributed by atoms with Crippen molar-refractivity contribution < 1.29 is 9.53 Å². The summed E-state index contributed by atoms with van der Waals surface area (Å²) in [5.41, 5.74) is 2.90. The number of rotatable bonds is 3. The highest BCUT2D eigenvalue weighted by Gasteiger charge is 2.20. The first-order valence-corrected chi connectivity index (χ1v) is 9.57. The van der Waals surface area contributed by atoms with Crippen molar-refractivity contribution in [3.05, 3.63) is 81.2 Å². The number of ether oxygens (including phenoxy) is 1. The summed E-state index contributed by atoms with van der Waals surface area (Å²) in [6, 6.07) is 16.5. The number of hydrogen-bond acceptors (Lipinski definition) is 6. The van der Waals surface area contributed by atoms with Crippen LogP contribution in [0.5, 0.6) is 5.75 Å². The van der Waals surface area contributed by atoms with Crippen LogP contribution in [0.2, 0.25) is 0 Å². The second-order valence-corrected chi connectivity index (χ2v) is 7.50. The van der Waals surface area contributed by atoms with Crippen LogP contribution in [-0.2, 0) is 7.05 Å². The summed E-state index contributed by atoms with van der Waals surface area (Å²) in [5, 5.41) is 9.34. The lowest BCUT2D eigenvalue weighted by Crippen LogP contribution is -2.17. The van der Waals surface area contributed by atoms with E-state index in [1.165, 1.54) is 10.9 Å². The van der Waals surface area contributed by atoms with Gasteiger partial charge in [0.05, 0.1) is 23.3 Å². The second kappa shape index (κ2) is 7.34. The molecule has 0 saturated heterocycles. The van der Waals surface area contributed by atoms with Crippen molar-refractivity contribution in [2.24, 2.45) is 7.05 Å². The van der Waals surface area contributed by atoms with E-state index in [0.29, 0.717) is 32.0 Å². The summed E-state index contributed by atoms with van der Waals surface area (Å²) in [5.74, 6) is -0.108. The molecule has 142 valence electrons. The third-order valence-electron chi connectivity index (χ3n) is 4.61. The van der Waals surface area contributed by atoms with Crippen molar-refractivity contribution in [2.45, 2.75) is 6.92 Å². The zero-order valence-electron chi connectivity index (χ0n) is 15.7. The van der Waals surface area contributed by atoms with Gasteiger partial charge < -0.3 is 9.30 Å². The van der Waals surface area contributed by atoms with E-state index in [2.05, 4.69) is 11.1 Å². The number of thiophene rings is 1. The Kier molecular flexibility index (Phi) is 4.71. The fourth-order valence-corrected chi connectivity index (χ4v) is 4.03. The van der Waals surface area contributed by atoms with E-state index in [0.717, 1.165) is 22.5 Å². The van der Waals surface area contributed by atoms with Crippen molar-refractivity contribution in [3.63, 3.8) is 0 Å². The monoisotopic (exact) mass is 401 g/mol. The Morgan fingerprint density at radius 1 is 1.10 bits per heavy atom. The fraction of sp³-hybridized carbons (Fsp3) is 0.0909. The number of benzene rings is 2. The predicted octanol–water partition coefficient (Wildman–Crippen LogP) is 4.06. The number of nitrogens with zero attached hydrogens (tertiary/aromatic N) is 3. The molecule has 0 unspecified atom stereocenters. The molecule has 0 spiro atoms. The minimum absolute atomic E-state index is 0.186. The molecule has 0 N–H and O–H groups in total. The van der Waals surface area contributed by atoms with Gasteiger partial charge in [0.25, 0.3) is 5.56 Å². The van der Waals surface area contributed by atoms with Crippen molar-refractivity contribution in [3.8, 4) is 22.9 Å². The molecule has 2 aromatic heterocycles. The van der Waals surface area contributed by atoms with Crippen LogP contribution in [0.15, 0.2) is 59.7 Å². The first-order valence-electron chi connectivity index (χ1n) is 8.75. The highest BCUT2D eigenvalue weighted by atomic mass is 32.1. The predicted molar refractivity (Wildman–Crippen MR) is 111 cm³/mol. The molecule has 0 atom stereocenters. The Bertz CT molecular complexity index is 1330. The van der Waals surface area contributed by atoms with Crippen LogP contribution in [0.1, 0.15) is 20.8 Å². The van der Waals surface area contributed by atoms with Crippen LogP contribution in [0.3, 0.4) is 0 Å². The van der Waals surface area contributed by atoms with Crippen LogP contribution in [0, 0.1) is 18.3 Å².